The molecule has 0 radical (unpaired) electrons. The maximum atomic E-state index is 10.9. The minimum atomic E-state index is -1.48. The molecule has 82 valence electrons. The van der Waals surface area contributed by atoms with Crippen molar-refractivity contribution < 1.29 is 38.4 Å². The van der Waals surface area contributed by atoms with Gasteiger partial charge in [-0.15, -0.1) is 0 Å². The van der Waals surface area contributed by atoms with Gasteiger partial charge in [0, 0.05) is 6.92 Å². The molecule has 15 heavy (non-hydrogen) atoms. The summed E-state index contributed by atoms with van der Waals surface area (Å²) < 4.78 is 8.98. The molecule has 0 unspecified atom stereocenters. The van der Waals surface area contributed by atoms with Crippen molar-refractivity contribution in [3.8, 4) is 0 Å². The van der Waals surface area contributed by atoms with Gasteiger partial charge in [-0.25, -0.2) is 19.4 Å². The van der Waals surface area contributed by atoms with E-state index in [2.05, 4.69) is 19.2 Å². The zero-order valence-corrected chi connectivity index (χ0v) is 7.55. The van der Waals surface area contributed by atoms with E-state index >= 15 is 0 Å². The summed E-state index contributed by atoms with van der Waals surface area (Å²) in [4.78, 5) is 50.0. The van der Waals surface area contributed by atoms with Crippen molar-refractivity contribution in [1.29, 1.82) is 0 Å². The molecule has 0 N–H and O–H groups in total. The molecule has 1 aliphatic rings. The summed E-state index contributed by atoms with van der Waals surface area (Å²) in [5.41, 5.74) is 0. The van der Waals surface area contributed by atoms with E-state index in [9.17, 15) is 19.2 Å². The van der Waals surface area contributed by atoms with Crippen LogP contribution in [0.5, 0.6) is 0 Å². The van der Waals surface area contributed by atoms with Crippen LogP contribution in [0, 0.1) is 0 Å². The summed E-state index contributed by atoms with van der Waals surface area (Å²) in [6, 6.07) is 0. The smallest absolute Gasteiger partial charge is 0.318 e. The topological polar surface area (TPSA) is 105 Å². The van der Waals surface area contributed by atoms with E-state index < -0.39 is 29.8 Å². The zero-order chi connectivity index (χ0) is 11.4. The number of ketones is 2. The van der Waals surface area contributed by atoms with E-state index in [0.717, 1.165) is 6.92 Å². The first-order valence-electron chi connectivity index (χ1n) is 3.73. The van der Waals surface area contributed by atoms with Gasteiger partial charge in [0.15, 0.2) is 6.79 Å². The fourth-order valence-electron chi connectivity index (χ4n) is 0.559. The number of ether oxygens (including phenoxy) is 2. The Balaban J connectivity index is 2.32. The lowest BCUT2D eigenvalue weighted by atomic mass is 10.4. The highest BCUT2D eigenvalue weighted by molar-refractivity contribution is 6.36. The van der Waals surface area contributed by atoms with Crippen molar-refractivity contribution in [3.63, 3.8) is 0 Å². The first-order valence-corrected chi connectivity index (χ1v) is 3.73. The summed E-state index contributed by atoms with van der Waals surface area (Å²) in [7, 11) is 0. The Kier molecular flexibility index (Phi) is 3.47. The highest BCUT2D eigenvalue weighted by Gasteiger charge is 2.35. The first kappa shape index (κ1) is 11.3. The average Bonchev–Trinajstić information content (AvgIpc) is 2.10. The molecule has 0 aromatic heterocycles. The van der Waals surface area contributed by atoms with Crippen LogP contribution in [0.25, 0.3) is 0 Å². The van der Waals surface area contributed by atoms with Crippen molar-refractivity contribution >= 4 is 23.5 Å². The standard InChI is InChI=1S/C7H6O8/c1-3(8)5(10)14-15-6(11)4(9)7-12-2-13-7/h7H,2H2,1H3. The van der Waals surface area contributed by atoms with E-state index in [4.69, 9.17) is 0 Å². The number of Topliss-reactive ketones (excluding diaryl/α,β-unsaturated/α-hetero) is 2. The summed E-state index contributed by atoms with van der Waals surface area (Å²) in [5, 5.41) is 0. The van der Waals surface area contributed by atoms with Crippen LogP contribution in [0.4, 0.5) is 0 Å². The fourth-order valence-corrected chi connectivity index (χ4v) is 0.559. The Hall–Kier alpha value is -1.80. The van der Waals surface area contributed by atoms with Crippen LogP contribution in [0.1, 0.15) is 6.92 Å². The summed E-state index contributed by atoms with van der Waals surface area (Å²) in [6.07, 6.45) is -1.33. The number of hydrogen-bond acceptors (Lipinski definition) is 8. The fraction of sp³-hybridized carbons (Fsp3) is 0.429. The van der Waals surface area contributed by atoms with Crippen molar-refractivity contribution in [1.82, 2.24) is 0 Å². The summed E-state index contributed by atoms with van der Waals surface area (Å²) >= 11 is 0. The first-order chi connectivity index (χ1) is 7.02. The van der Waals surface area contributed by atoms with Crippen molar-refractivity contribution in [3.05, 3.63) is 0 Å². The van der Waals surface area contributed by atoms with Crippen LogP contribution in [0.2, 0.25) is 0 Å². The van der Waals surface area contributed by atoms with Crippen LogP contribution in [0.15, 0.2) is 0 Å². The van der Waals surface area contributed by atoms with E-state index in [1.807, 2.05) is 0 Å². The largest absolute Gasteiger partial charge is 0.427 e. The van der Waals surface area contributed by atoms with Crippen LogP contribution >= 0.6 is 0 Å². The van der Waals surface area contributed by atoms with Gasteiger partial charge < -0.3 is 9.47 Å². The molecule has 1 fully saturated rings. The minimum absolute atomic E-state index is 0.100. The van der Waals surface area contributed by atoms with Gasteiger partial charge in [-0.2, -0.15) is 0 Å². The van der Waals surface area contributed by atoms with Gasteiger partial charge in [-0.3, -0.25) is 9.59 Å². The molecule has 1 saturated heterocycles. The van der Waals surface area contributed by atoms with Gasteiger partial charge >= 0.3 is 11.9 Å². The molecule has 0 atom stereocenters. The van der Waals surface area contributed by atoms with E-state index in [0.29, 0.717) is 0 Å². The lowest BCUT2D eigenvalue weighted by molar-refractivity contribution is -0.306. The Labute approximate surface area is 83.0 Å². The molecule has 0 aromatic carbocycles. The highest BCUT2D eigenvalue weighted by Crippen LogP contribution is 2.08. The molecule has 0 aliphatic carbocycles. The number of rotatable bonds is 3. The second-order valence-electron chi connectivity index (χ2n) is 2.45. The van der Waals surface area contributed by atoms with Crippen LogP contribution < -0.4 is 0 Å². The number of carbonyl (C=O) groups excluding carboxylic acids is 4. The van der Waals surface area contributed by atoms with Crippen molar-refractivity contribution in [2.24, 2.45) is 0 Å². The average molecular weight is 218 g/mol. The monoisotopic (exact) mass is 218 g/mol. The maximum absolute atomic E-state index is 10.9. The number of carbonyl (C=O) groups is 4. The molecule has 8 heteroatoms. The maximum Gasteiger partial charge on any atom is 0.427 e. The predicted molar refractivity (Wildman–Crippen MR) is 38.7 cm³/mol. The molecule has 1 heterocycles. The molecule has 8 nitrogen and oxygen atoms in total. The predicted octanol–water partition coefficient (Wildman–Crippen LogP) is -1.52. The van der Waals surface area contributed by atoms with Gasteiger partial charge in [-0.1, -0.05) is 0 Å². The summed E-state index contributed by atoms with van der Waals surface area (Å²) in [6.45, 7) is 0.813. The van der Waals surface area contributed by atoms with Gasteiger partial charge in [-0.05, 0) is 0 Å². The van der Waals surface area contributed by atoms with Gasteiger partial charge in [0.2, 0.25) is 12.1 Å². The lowest BCUT2D eigenvalue weighted by Crippen LogP contribution is -2.42. The number of hydrogen-bond donors (Lipinski definition) is 0. The SMILES string of the molecule is CC(=O)C(=O)OOC(=O)C(=O)C1OCO1. The molecule has 1 aliphatic heterocycles. The second-order valence-corrected chi connectivity index (χ2v) is 2.45. The van der Waals surface area contributed by atoms with Crippen LogP contribution in [-0.2, 0) is 38.4 Å². The van der Waals surface area contributed by atoms with Crippen LogP contribution in [0.3, 0.4) is 0 Å². The highest BCUT2D eigenvalue weighted by atomic mass is 17.2. The molecular weight excluding hydrogens is 212 g/mol. The third kappa shape index (κ3) is 2.82. The van der Waals surface area contributed by atoms with E-state index in [1.165, 1.54) is 0 Å². The molecule has 0 saturated carbocycles. The zero-order valence-electron chi connectivity index (χ0n) is 7.55. The van der Waals surface area contributed by atoms with Gasteiger partial charge in [0.05, 0.1) is 0 Å². The quantitative estimate of drug-likeness (QED) is 0.319. The molecular formula is C7H6O8. The van der Waals surface area contributed by atoms with Crippen molar-refractivity contribution in [2.45, 2.75) is 13.2 Å². The second kappa shape index (κ2) is 4.62. The third-order valence-electron chi connectivity index (χ3n) is 1.33. The Morgan fingerprint density at radius 3 is 2.00 bits per heavy atom. The normalized spacial score (nSPS) is 15.0. The van der Waals surface area contributed by atoms with Crippen LogP contribution in [-0.4, -0.2) is 36.6 Å². The van der Waals surface area contributed by atoms with E-state index in [-0.39, 0.29) is 6.79 Å². The molecule has 1 rings (SSSR count). The lowest BCUT2D eigenvalue weighted by Gasteiger charge is -2.23. The van der Waals surface area contributed by atoms with Gasteiger partial charge in [0.25, 0.3) is 5.78 Å². The Morgan fingerprint density at radius 1 is 1.07 bits per heavy atom. The van der Waals surface area contributed by atoms with Crippen molar-refractivity contribution in [2.75, 3.05) is 6.79 Å². The van der Waals surface area contributed by atoms with E-state index in [1.54, 1.807) is 0 Å². The Morgan fingerprint density at radius 2 is 1.60 bits per heavy atom. The molecule has 0 aromatic rings. The molecule has 0 bridgehead atoms. The summed E-state index contributed by atoms with van der Waals surface area (Å²) in [5.74, 6) is -4.98. The van der Waals surface area contributed by atoms with Gasteiger partial charge in [0.1, 0.15) is 0 Å². The molecule has 0 spiro atoms. The minimum Gasteiger partial charge on any atom is -0.318 e. The third-order valence-corrected chi connectivity index (χ3v) is 1.33. The molecule has 0 amide bonds. The Bertz CT molecular complexity index is 315.